The molecule has 29 heavy (non-hydrogen) atoms. The summed E-state index contributed by atoms with van der Waals surface area (Å²) in [7, 11) is 0. The van der Waals surface area contributed by atoms with Crippen LogP contribution in [0.25, 0.3) is 12.3 Å². The number of nitrogens with one attached hydrogen (secondary N) is 2. The number of nitrogens with zero attached hydrogens (tertiary/aromatic N) is 1. The number of rotatable bonds is 5. The number of fused-ring (bicyclic) bond motifs is 1. The lowest BCUT2D eigenvalue weighted by molar-refractivity contribution is -0.183. The molecule has 148 valence electrons. The molecule has 7 nitrogen and oxygen atoms in total. The molecule has 0 spiro atoms. The van der Waals surface area contributed by atoms with Gasteiger partial charge in [0.05, 0.1) is 6.54 Å². The summed E-state index contributed by atoms with van der Waals surface area (Å²) in [6, 6.07) is 16.7. The van der Waals surface area contributed by atoms with Gasteiger partial charge in [-0.05, 0) is 34.6 Å². The lowest BCUT2D eigenvalue weighted by Gasteiger charge is -2.17. The molecule has 7 heteroatoms. The van der Waals surface area contributed by atoms with E-state index in [1.807, 2.05) is 60.7 Å². The molecule has 2 aromatic carbocycles. The number of hydrogen-bond acceptors (Lipinski definition) is 5. The third kappa shape index (κ3) is 4.64. The Bertz CT molecular complexity index is 1050. The third-order valence-electron chi connectivity index (χ3n) is 4.67. The van der Waals surface area contributed by atoms with Crippen LogP contribution in [0.3, 0.4) is 0 Å². The Morgan fingerprint density at radius 2 is 1.83 bits per heavy atom. The number of carbonyl (C=O) groups excluding carboxylic acids is 2. The average Bonchev–Trinajstić information content (AvgIpc) is 2.96. The molecule has 2 aliphatic heterocycles. The highest BCUT2D eigenvalue weighted by molar-refractivity contribution is 5.86. The van der Waals surface area contributed by atoms with Crippen molar-refractivity contribution in [3.63, 3.8) is 0 Å². The summed E-state index contributed by atoms with van der Waals surface area (Å²) in [5.41, 5.74) is 0.969. The summed E-state index contributed by atoms with van der Waals surface area (Å²) in [6.45, 7) is 0.710. The SMILES string of the molecule is O=C(N[C@@H]1CCN(OCc2ccccc2)C1=O)OC1=CC=c2ccccc2=CN1. The minimum Gasteiger partial charge on any atom is -0.393 e. The molecule has 2 aliphatic rings. The molecule has 4 rings (SSSR count). The molecular formula is C22H21N3O4. The van der Waals surface area contributed by atoms with Gasteiger partial charge in [-0.25, -0.2) is 9.86 Å². The van der Waals surface area contributed by atoms with E-state index >= 15 is 0 Å². The molecule has 1 saturated heterocycles. The molecule has 0 radical (unpaired) electrons. The third-order valence-corrected chi connectivity index (χ3v) is 4.67. The maximum absolute atomic E-state index is 12.4. The van der Waals surface area contributed by atoms with Crippen molar-refractivity contribution in [2.75, 3.05) is 6.54 Å². The van der Waals surface area contributed by atoms with E-state index in [1.165, 1.54) is 5.06 Å². The van der Waals surface area contributed by atoms with Gasteiger partial charge in [0, 0.05) is 6.20 Å². The molecule has 0 bridgehead atoms. The Labute approximate surface area is 167 Å². The normalized spacial score (nSPS) is 17.8. The van der Waals surface area contributed by atoms with Crippen molar-refractivity contribution in [2.24, 2.45) is 0 Å². The second-order valence-electron chi connectivity index (χ2n) is 6.69. The van der Waals surface area contributed by atoms with Gasteiger partial charge in [-0.2, -0.15) is 0 Å². The number of hydrogen-bond donors (Lipinski definition) is 2. The van der Waals surface area contributed by atoms with Crippen LogP contribution in [0.4, 0.5) is 4.79 Å². The standard InChI is InChI=1S/C22H21N3O4/c26-21-19(12-13-25(21)28-15-16-6-2-1-3-7-16)24-22(27)29-20-11-10-17-8-4-5-9-18(17)14-23-20/h1-11,14,19,23H,12-13,15H2,(H,24,27)/t19-/m1/s1. The smallest absolute Gasteiger partial charge is 0.393 e. The van der Waals surface area contributed by atoms with Crippen LogP contribution in [0.2, 0.25) is 0 Å². The molecule has 0 unspecified atom stereocenters. The first-order valence-corrected chi connectivity index (χ1v) is 9.39. The van der Waals surface area contributed by atoms with E-state index in [0.29, 0.717) is 19.6 Å². The van der Waals surface area contributed by atoms with Gasteiger partial charge in [0.2, 0.25) is 5.88 Å². The second kappa shape index (κ2) is 8.62. The van der Waals surface area contributed by atoms with Gasteiger partial charge in [0.1, 0.15) is 12.6 Å². The van der Waals surface area contributed by atoms with Gasteiger partial charge < -0.3 is 15.4 Å². The first-order valence-electron chi connectivity index (χ1n) is 9.39. The molecule has 0 aliphatic carbocycles. The zero-order valence-electron chi connectivity index (χ0n) is 15.7. The summed E-state index contributed by atoms with van der Waals surface area (Å²) in [5.74, 6) is -0.00690. The molecular weight excluding hydrogens is 370 g/mol. The summed E-state index contributed by atoms with van der Waals surface area (Å²) in [6.07, 6.45) is 5.05. The van der Waals surface area contributed by atoms with Gasteiger partial charge in [-0.3, -0.25) is 9.63 Å². The van der Waals surface area contributed by atoms with Crippen molar-refractivity contribution in [1.29, 1.82) is 0 Å². The number of alkyl carbamates (subject to hydrolysis) is 1. The number of hydroxylamine groups is 2. The monoisotopic (exact) mass is 391 g/mol. The molecule has 0 aromatic heterocycles. The van der Waals surface area contributed by atoms with E-state index < -0.39 is 12.1 Å². The Morgan fingerprint density at radius 3 is 2.66 bits per heavy atom. The fourth-order valence-electron chi connectivity index (χ4n) is 3.13. The van der Waals surface area contributed by atoms with Crippen LogP contribution in [-0.2, 0) is 21.0 Å². The first kappa shape index (κ1) is 18.8. The number of benzene rings is 2. The Morgan fingerprint density at radius 1 is 1.07 bits per heavy atom. The molecule has 0 saturated carbocycles. The van der Waals surface area contributed by atoms with Crippen molar-refractivity contribution >= 4 is 24.3 Å². The van der Waals surface area contributed by atoms with Gasteiger partial charge in [-0.15, -0.1) is 0 Å². The van der Waals surface area contributed by atoms with Crippen molar-refractivity contribution < 1.29 is 19.2 Å². The zero-order chi connectivity index (χ0) is 20.1. The van der Waals surface area contributed by atoms with Crippen LogP contribution in [0.1, 0.15) is 12.0 Å². The highest BCUT2D eigenvalue weighted by Crippen LogP contribution is 2.14. The van der Waals surface area contributed by atoms with Gasteiger partial charge in [0.25, 0.3) is 5.91 Å². The minimum absolute atomic E-state index is 0.279. The van der Waals surface area contributed by atoms with Gasteiger partial charge >= 0.3 is 6.09 Å². The number of allylic oxidation sites excluding steroid dienone is 1. The van der Waals surface area contributed by atoms with E-state index in [0.717, 1.165) is 16.0 Å². The Hall–Kier alpha value is -3.58. The van der Waals surface area contributed by atoms with Crippen molar-refractivity contribution in [2.45, 2.75) is 19.1 Å². The lowest BCUT2D eigenvalue weighted by Crippen LogP contribution is -2.42. The van der Waals surface area contributed by atoms with E-state index in [-0.39, 0.29) is 11.8 Å². The molecule has 1 atom stereocenters. The fourth-order valence-corrected chi connectivity index (χ4v) is 3.13. The lowest BCUT2D eigenvalue weighted by atomic mass is 10.2. The van der Waals surface area contributed by atoms with Crippen LogP contribution in [0.15, 0.2) is 66.6 Å². The predicted octanol–water partition coefficient (Wildman–Crippen LogP) is 1.11. The Balaban J connectivity index is 1.29. The van der Waals surface area contributed by atoms with Crippen LogP contribution in [0.5, 0.6) is 0 Å². The van der Waals surface area contributed by atoms with Crippen LogP contribution < -0.4 is 21.1 Å². The average molecular weight is 391 g/mol. The highest BCUT2D eigenvalue weighted by atomic mass is 16.7. The maximum Gasteiger partial charge on any atom is 0.414 e. The molecule has 2 aromatic rings. The first-order chi connectivity index (χ1) is 14.2. The van der Waals surface area contributed by atoms with E-state index in [9.17, 15) is 9.59 Å². The summed E-state index contributed by atoms with van der Waals surface area (Å²) >= 11 is 0. The van der Waals surface area contributed by atoms with Crippen molar-refractivity contribution in [1.82, 2.24) is 15.7 Å². The quantitative estimate of drug-likeness (QED) is 0.798. The highest BCUT2D eigenvalue weighted by Gasteiger charge is 2.34. The summed E-state index contributed by atoms with van der Waals surface area (Å²) < 4.78 is 5.30. The molecule has 2 heterocycles. The van der Waals surface area contributed by atoms with E-state index in [2.05, 4.69) is 10.6 Å². The second-order valence-corrected chi connectivity index (χ2v) is 6.69. The molecule has 2 amide bonds. The van der Waals surface area contributed by atoms with Crippen molar-refractivity contribution in [3.8, 4) is 0 Å². The largest absolute Gasteiger partial charge is 0.414 e. The van der Waals surface area contributed by atoms with Crippen LogP contribution in [0, 0.1) is 0 Å². The fraction of sp³-hybridized carbons (Fsp3) is 0.182. The summed E-state index contributed by atoms with van der Waals surface area (Å²) in [4.78, 5) is 30.3. The Kier molecular flexibility index (Phi) is 5.58. The maximum atomic E-state index is 12.4. The number of amides is 2. The predicted molar refractivity (Wildman–Crippen MR) is 107 cm³/mol. The van der Waals surface area contributed by atoms with Crippen LogP contribution in [-0.4, -0.2) is 29.7 Å². The van der Waals surface area contributed by atoms with E-state index in [4.69, 9.17) is 9.57 Å². The number of carbonyl (C=O) groups is 2. The van der Waals surface area contributed by atoms with Gasteiger partial charge in [-0.1, -0.05) is 54.6 Å². The van der Waals surface area contributed by atoms with Crippen LogP contribution >= 0.6 is 0 Å². The number of ether oxygens (including phenoxy) is 1. The topological polar surface area (TPSA) is 79.9 Å². The van der Waals surface area contributed by atoms with E-state index in [1.54, 1.807) is 12.3 Å². The summed E-state index contributed by atoms with van der Waals surface area (Å²) in [5, 5.41) is 8.85. The minimum atomic E-state index is -0.695. The molecule has 2 N–H and O–H groups in total. The molecule has 1 fully saturated rings. The zero-order valence-corrected chi connectivity index (χ0v) is 15.7. The van der Waals surface area contributed by atoms with Gasteiger partial charge in [0.15, 0.2) is 0 Å². The van der Waals surface area contributed by atoms with Crippen molar-refractivity contribution in [3.05, 3.63) is 82.6 Å².